The van der Waals surface area contributed by atoms with Crippen LogP contribution in [0.2, 0.25) is 5.02 Å². The van der Waals surface area contributed by atoms with Crippen molar-refractivity contribution < 1.29 is 14.3 Å². The van der Waals surface area contributed by atoms with Crippen LogP contribution in [0.5, 0.6) is 0 Å². The molecule has 1 N–H and O–H groups in total. The molecule has 1 spiro atoms. The monoisotopic (exact) mass is 388 g/mol. The fraction of sp³-hybridized carbons (Fsp3) is 0.524. The zero-order valence-electron chi connectivity index (χ0n) is 15.8. The lowest BCUT2D eigenvalue weighted by Crippen LogP contribution is -2.24. The van der Waals surface area contributed by atoms with Gasteiger partial charge in [-0.1, -0.05) is 18.5 Å². The van der Waals surface area contributed by atoms with Gasteiger partial charge >= 0.3 is 0 Å². The van der Waals surface area contributed by atoms with Crippen LogP contribution in [0.15, 0.2) is 24.4 Å². The number of pyridine rings is 1. The third-order valence-electron chi connectivity index (χ3n) is 6.03. The van der Waals surface area contributed by atoms with Crippen molar-refractivity contribution in [1.82, 2.24) is 4.98 Å². The molecule has 2 atom stereocenters. The number of carbonyl (C=O) groups excluding carboxylic acids is 1. The first-order chi connectivity index (χ1) is 13.0. The molecule has 0 unspecified atom stereocenters. The predicted octanol–water partition coefficient (Wildman–Crippen LogP) is 4.39. The number of carbonyl (C=O) groups is 1. The smallest absolute Gasteiger partial charge is 0.229 e. The number of rotatable bonds is 5. The zero-order chi connectivity index (χ0) is 19.0. The minimum atomic E-state index is 0.0747. The number of anilines is 1. The first-order valence-corrected chi connectivity index (χ1v) is 9.87. The van der Waals surface area contributed by atoms with E-state index in [1.807, 2.05) is 12.1 Å². The Bertz CT molecular complexity index is 864. The van der Waals surface area contributed by atoms with Crippen molar-refractivity contribution in [3.8, 4) is 0 Å². The van der Waals surface area contributed by atoms with Crippen molar-refractivity contribution in [3.05, 3.63) is 35.0 Å². The molecule has 1 aliphatic heterocycles. The molecule has 4 rings (SSSR count). The lowest BCUT2D eigenvalue weighted by Gasteiger charge is -2.22. The molecule has 1 amide bonds. The lowest BCUT2D eigenvalue weighted by molar-refractivity contribution is -0.118. The van der Waals surface area contributed by atoms with Gasteiger partial charge in [0.25, 0.3) is 0 Å². The molecule has 1 aromatic heterocycles. The number of nitrogens with one attached hydrogen (secondary N) is 1. The summed E-state index contributed by atoms with van der Waals surface area (Å²) in [7, 11) is 1.69. The second kappa shape index (κ2) is 7.38. The average molecular weight is 389 g/mol. The summed E-state index contributed by atoms with van der Waals surface area (Å²) in [6.07, 6.45) is 4.69. The van der Waals surface area contributed by atoms with Gasteiger partial charge in [-0.05, 0) is 53.8 Å². The SMILES string of the molecule is COC[C@H](C)c1cc2cc(NC(=O)[C@@H]3CC34CCOCC4)ncc2cc1Cl. The average Bonchev–Trinajstić information content (AvgIpc) is 3.35. The van der Waals surface area contributed by atoms with Crippen molar-refractivity contribution in [2.24, 2.45) is 11.3 Å². The molecule has 27 heavy (non-hydrogen) atoms. The Balaban J connectivity index is 1.52. The van der Waals surface area contributed by atoms with Crippen molar-refractivity contribution in [2.75, 3.05) is 32.2 Å². The number of nitrogens with zero attached hydrogens (tertiary/aromatic N) is 1. The molecule has 1 saturated carbocycles. The maximum atomic E-state index is 12.7. The highest BCUT2D eigenvalue weighted by Crippen LogP contribution is 2.59. The number of aromatic nitrogens is 1. The number of amides is 1. The van der Waals surface area contributed by atoms with Gasteiger partial charge in [-0.3, -0.25) is 4.79 Å². The molecule has 0 bridgehead atoms. The van der Waals surface area contributed by atoms with Crippen LogP contribution in [0.25, 0.3) is 10.8 Å². The number of halogens is 1. The minimum Gasteiger partial charge on any atom is -0.384 e. The summed E-state index contributed by atoms with van der Waals surface area (Å²) in [5, 5.41) is 5.69. The fourth-order valence-corrected chi connectivity index (χ4v) is 4.59. The Kier molecular flexibility index (Phi) is 5.10. The van der Waals surface area contributed by atoms with E-state index in [9.17, 15) is 4.79 Å². The van der Waals surface area contributed by atoms with E-state index in [1.54, 1.807) is 13.3 Å². The summed E-state index contributed by atoms with van der Waals surface area (Å²) < 4.78 is 10.7. The molecule has 2 aromatic rings. The number of ether oxygens (including phenoxy) is 2. The fourth-order valence-electron chi connectivity index (χ4n) is 4.23. The van der Waals surface area contributed by atoms with Crippen LogP contribution in [-0.4, -0.2) is 37.8 Å². The Hall–Kier alpha value is -1.69. The maximum absolute atomic E-state index is 12.7. The van der Waals surface area contributed by atoms with Gasteiger partial charge < -0.3 is 14.8 Å². The first kappa shape index (κ1) is 18.7. The van der Waals surface area contributed by atoms with Crippen LogP contribution in [0.3, 0.4) is 0 Å². The second-order valence-electron chi connectivity index (χ2n) is 7.87. The summed E-state index contributed by atoms with van der Waals surface area (Å²) in [4.78, 5) is 17.1. The molecule has 6 heteroatoms. The van der Waals surface area contributed by atoms with Crippen molar-refractivity contribution in [2.45, 2.75) is 32.1 Å². The topological polar surface area (TPSA) is 60.5 Å². The lowest BCUT2D eigenvalue weighted by atomic mass is 9.93. The van der Waals surface area contributed by atoms with Crippen LogP contribution >= 0.6 is 11.6 Å². The van der Waals surface area contributed by atoms with Crippen LogP contribution < -0.4 is 5.32 Å². The summed E-state index contributed by atoms with van der Waals surface area (Å²) >= 11 is 6.43. The van der Waals surface area contributed by atoms with E-state index < -0.39 is 0 Å². The number of methoxy groups -OCH3 is 1. The van der Waals surface area contributed by atoms with Crippen LogP contribution in [0.1, 0.15) is 37.7 Å². The highest BCUT2D eigenvalue weighted by atomic mass is 35.5. The molecule has 0 radical (unpaired) electrons. The molecular formula is C21H25ClN2O3. The van der Waals surface area contributed by atoms with Crippen LogP contribution in [-0.2, 0) is 14.3 Å². The zero-order valence-corrected chi connectivity index (χ0v) is 16.5. The minimum absolute atomic E-state index is 0.0747. The van der Waals surface area contributed by atoms with Gasteiger partial charge in [-0.15, -0.1) is 0 Å². The van der Waals surface area contributed by atoms with Crippen molar-refractivity contribution >= 4 is 34.1 Å². The quantitative estimate of drug-likeness (QED) is 0.825. The number of hydrogen-bond acceptors (Lipinski definition) is 4. The van der Waals surface area contributed by atoms with E-state index in [1.165, 1.54) is 0 Å². The van der Waals surface area contributed by atoms with E-state index >= 15 is 0 Å². The van der Waals surface area contributed by atoms with Crippen molar-refractivity contribution in [1.29, 1.82) is 0 Å². The third-order valence-corrected chi connectivity index (χ3v) is 6.36. The molecule has 1 aromatic carbocycles. The number of fused-ring (bicyclic) bond motifs is 1. The van der Waals surface area contributed by atoms with Crippen LogP contribution in [0.4, 0.5) is 5.82 Å². The summed E-state index contributed by atoms with van der Waals surface area (Å²) in [5.74, 6) is 0.944. The summed E-state index contributed by atoms with van der Waals surface area (Å²) in [6, 6.07) is 5.91. The summed E-state index contributed by atoms with van der Waals surface area (Å²) in [6.45, 7) is 4.22. The normalized spacial score (nSPS) is 22.0. The van der Waals surface area contributed by atoms with Crippen molar-refractivity contribution in [3.63, 3.8) is 0 Å². The van der Waals surface area contributed by atoms with Crippen LogP contribution in [0, 0.1) is 11.3 Å². The van der Waals surface area contributed by atoms with Gasteiger partial charge in [0.05, 0.1) is 6.61 Å². The Morgan fingerprint density at radius 1 is 1.37 bits per heavy atom. The van der Waals surface area contributed by atoms with Gasteiger partial charge in [0, 0.05) is 48.8 Å². The molecule has 1 aliphatic carbocycles. The van der Waals surface area contributed by atoms with E-state index in [0.717, 1.165) is 48.8 Å². The standard InChI is InChI=1S/C21H25ClN2O3/c1-13(12-26-2)16-7-14-9-19(23-11-15(14)8-18(16)22)24-20(25)17-10-21(17)3-5-27-6-4-21/h7-9,11,13,17H,3-6,10,12H2,1-2H3,(H,23,24,25)/t13-,17-/m0/s1. The first-order valence-electron chi connectivity index (χ1n) is 9.49. The Morgan fingerprint density at radius 2 is 2.15 bits per heavy atom. The molecule has 2 heterocycles. The molecule has 144 valence electrons. The van der Waals surface area contributed by atoms with Gasteiger partial charge in [0.15, 0.2) is 0 Å². The molecule has 1 saturated heterocycles. The molecule has 5 nitrogen and oxygen atoms in total. The Morgan fingerprint density at radius 3 is 2.89 bits per heavy atom. The highest BCUT2D eigenvalue weighted by Gasteiger charge is 2.58. The number of hydrogen-bond donors (Lipinski definition) is 1. The molecular weight excluding hydrogens is 364 g/mol. The van der Waals surface area contributed by atoms with Gasteiger partial charge in [-0.25, -0.2) is 4.98 Å². The van der Waals surface area contributed by atoms with E-state index in [4.69, 9.17) is 21.1 Å². The van der Waals surface area contributed by atoms with Gasteiger partial charge in [0.2, 0.25) is 5.91 Å². The molecule has 2 aliphatic rings. The highest BCUT2D eigenvalue weighted by molar-refractivity contribution is 6.32. The van der Waals surface area contributed by atoms with E-state index in [2.05, 4.69) is 23.3 Å². The molecule has 2 fully saturated rings. The number of benzene rings is 1. The Labute approximate surface area is 164 Å². The maximum Gasteiger partial charge on any atom is 0.229 e. The van der Waals surface area contributed by atoms with Gasteiger partial charge in [-0.2, -0.15) is 0 Å². The largest absolute Gasteiger partial charge is 0.384 e. The third kappa shape index (κ3) is 3.68. The van der Waals surface area contributed by atoms with E-state index in [-0.39, 0.29) is 23.2 Å². The van der Waals surface area contributed by atoms with E-state index in [0.29, 0.717) is 17.4 Å². The second-order valence-corrected chi connectivity index (χ2v) is 8.27. The van der Waals surface area contributed by atoms with Gasteiger partial charge in [0.1, 0.15) is 5.82 Å². The predicted molar refractivity (Wildman–Crippen MR) is 106 cm³/mol. The summed E-state index contributed by atoms with van der Waals surface area (Å²) in [5.41, 5.74) is 1.20.